The van der Waals surface area contributed by atoms with Crippen LogP contribution in [0.4, 0.5) is 22.7 Å². The van der Waals surface area contributed by atoms with Gasteiger partial charge in [0.2, 0.25) is 11.4 Å². The Morgan fingerprint density at radius 3 is 1.54 bits per heavy atom. The highest BCUT2D eigenvalue weighted by Gasteiger charge is 2.47. The van der Waals surface area contributed by atoms with Crippen molar-refractivity contribution in [1.82, 2.24) is 15.3 Å². The predicted molar refractivity (Wildman–Crippen MR) is 261 cm³/mol. The number of rotatable bonds is 9. The molecule has 67 heavy (non-hydrogen) atoms. The average Bonchev–Trinajstić information content (AvgIpc) is 4.20. The number of carboxylic acid groups (broad SMARTS) is 1. The van der Waals surface area contributed by atoms with Gasteiger partial charge in [-0.15, -0.1) is 0 Å². The molecule has 6 aliphatic rings. The fourth-order valence-corrected chi connectivity index (χ4v) is 11.2. The molecule has 2 fully saturated rings. The minimum absolute atomic E-state index is 0.0801. The van der Waals surface area contributed by atoms with Crippen LogP contribution in [0.3, 0.4) is 0 Å². The number of carboxylic acids is 1. The number of aliphatic hydroxyl groups is 2. The minimum Gasteiger partial charge on any atom is -0.477 e. The van der Waals surface area contributed by atoms with Crippen molar-refractivity contribution in [3.63, 3.8) is 0 Å². The number of nitrogens with one attached hydrogen (secondary N) is 1. The maximum atomic E-state index is 12.3. The first-order valence-corrected chi connectivity index (χ1v) is 24.2. The number of nitrogens with zero attached hydrogens (tertiary/aromatic N) is 8. The van der Waals surface area contributed by atoms with Crippen molar-refractivity contribution in [2.75, 3.05) is 29.8 Å². The predicted octanol–water partition coefficient (Wildman–Crippen LogP) is 10.1. The second-order valence-corrected chi connectivity index (χ2v) is 18.7. The quantitative estimate of drug-likeness (QED) is 0.119. The Morgan fingerprint density at radius 1 is 0.687 bits per heavy atom. The summed E-state index contributed by atoms with van der Waals surface area (Å²) in [7, 11) is 0. The molecule has 4 heterocycles. The number of amides is 1. The molecule has 4 aromatic rings. The number of hydrogen-bond acceptors (Lipinski definition) is 10. The van der Waals surface area contributed by atoms with Gasteiger partial charge in [-0.05, 0) is 118 Å². The van der Waals surface area contributed by atoms with Crippen molar-refractivity contribution in [3.05, 3.63) is 127 Å². The van der Waals surface area contributed by atoms with Crippen molar-refractivity contribution in [1.29, 1.82) is 0 Å². The highest BCUT2D eigenvalue weighted by Crippen LogP contribution is 2.47. The number of hydrogen-bond donors (Lipinski definition) is 4. The van der Waals surface area contributed by atoms with Crippen LogP contribution in [-0.2, 0) is 12.8 Å². The molecule has 16 heteroatoms. The van der Waals surface area contributed by atoms with Gasteiger partial charge < -0.3 is 20.6 Å². The molecule has 2 aromatic carbocycles. The van der Waals surface area contributed by atoms with E-state index in [1.165, 1.54) is 51.4 Å². The van der Waals surface area contributed by atoms with Gasteiger partial charge in [0.05, 0.1) is 66.0 Å². The number of aromatic carboxylic acids is 1. The molecule has 2 saturated carbocycles. The average molecular weight is 945 g/mol. The van der Waals surface area contributed by atoms with Crippen LogP contribution >= 0.6 is 23.2 Å². The van der Waals surface area contributed by atoms with Crippen LogP contribution in [0, 0.1) is 36.8 Å². The summed E-state index contributed by atoms with van der Waals surface area (Å²) in [5.41, 5.74) is 8.89. The van der Waals surface area contributed by atoms with Gasteiger partial charge in [-0.2, -0.15) is 10.2 Å². The van der Waals surface area contributed by atoms with Crippen LogP contribution in [0.5, 0.6) is 0 Å². The van der Waals surface area contributed by atoms with Crippen LogP contribution in [0.2, 0.25) is 10.0 Å². The monoisotopic (exact) mass is 943 g/mol. The van der Waals surface area contributed by atoms with Crippen LogP contribution in [0.25, 0.3) is 9.69 Å². The van der Waals surface area contributed by atoms with E-state index >= 15 is 0 Å². The molecule has 2 aliphatic heterocycles. The fraction of sp³-hybridized carbons (Fsp3) is 0.451. The summed E-state index contributed by atoms with van der Waals surface area (Å²) in [5, 5.41) is 44.1. The van der Waals surface area contributed by atoms with E-state index in [1.807, 2.05) is 43.3 Å². The minimum atomic E-state index is -1.01. The summed E-state index contributed by atoms with van der Waals surface area (Å²) < 4.78 is 0. The molecule has 2 aromatic heterocycles. The number of fused-ring (bicyclic) bond motifs is 6. The molecule has 0 saturated heterocycles. The summed E-state index contributed by atoms with van der Waals surface area (Å²) >= 11 is 12.7. The SMILES string of the molecule is CCCO.[C-]#[N+]c1ccc(N2N=C3c4ccc(C(=O)NCCO)nc4CCC3C2C2CCCC2)cc1Cl.[C-]#[N+]c1ccc(N2N=C3c4ccc(C(=O)O)nc4CCC3C2C2CCCC2)cc1Cl. The van der Waals surface area contributed by atoms with Crippen molar-refractivity contribution < 1.29 is 24.9 Å². The van der Waals surface area contributed by atoms with E-state index in [-0.39, 0.29) is 42.8 Å². The summed E-state index contributed by atoms with van der Waals surface area (Å²) in [6.45, 7) is 16.9. The zero-order chi connectivity index (χ0) is 47.2. The lowest BCUT2D eigenvalue weighted by Gasteiger charge is -2.34. The Hall–Kier alpha value is -5.90. The molecule has 4 N–H and O–H groups in total. The van der Waals surface area contributed by atoms with Crippen LogP contribution < -0.4 is 15.3 Å². The molecule has 10 rings (SSSR count). The van der Waals surface area contributed by atoms with Gasteiger partial charge in [-0.1, -0.05) is 67.9 Å². The fourth-order valence-electron chi connectivity index (χ4n) is 10.8. The lowest BCUT2D eigenvalue weighted by molar-refractivity contribution is 0.0689. The second kappa shape index (κ2) is 21.4. The number of carbonyl (C=O) groups excluding carboxylic acids is 1. The molecule has 1 amide bonds. The smallest absolute Gasteiger partial charge is 0.354 e. The molecule has 0 bridgehead atoms. The number of anilines is 2. The molecule has 14 nitrogen and oxygen atoms in total. The van der Waals surface area contributed by atoms with E-state index in [0.29, 0.717) is 51.5 Å². The molecule has 4 atom stereocenters. The Balaban J connectivity index is 0.000000169. The van der Waals surface area contributed by atoms with Crippen LogP contribution in [0.1, 0.15) is 121 Å². The third-order valence-electron chi connectivity index (χ3n) is 13.9. The third kappa shape index (κ3) is 9.91. The first-order chi connectivity index (χ1) is 32.6. The Bertz CT molecular complexity index is 2650. The van der Waals surface area contributed by atoms with Crippen molar-refractivity contribution in [3.8, 4) is 0 Å². The summed E-state index contributed by atoms with van der Waals surface area (Å²) in [6.07, 6.45) is 14.0. The number of benzene rings is 2. The molecule has 4 unspecified atom stereocenters. The van der Waals surface area contributed by atoms with E-state index in [0.717, 1.165) is 77.4 Å². The normalized spacial score (nSPS) is 21.5. The molecule has 348 valence electrons. The van der Waals surface area contributed by atoms with Gasteiger partial charge in [0.15, 0.2) is 0 Å². The van der Waals surface area contributed by atoms with E-state index in [2.05, 4.69) is 35.0 Å². The number of aliphatic hydroxyl groups excluding tert-OH is 2. The summed E-state index contributed by atoms with van der Waals surface area (Å²) in [4.78, 5) is 39.6. The zero-order valence-electron chi connectivity index (χ0n) is 37.5. The van der Waals surface area contributed by atoms with Crippen LogP contribution in [0.15, 0.2) is 70.9 Å². The number of aromatic nitrogens is 2. The lowest BCUT2D eigenvalue weighted by atomic mass is 9.76. The topological polar surface area (TPSA) is 173 Å². The summed E-state index contributed by atoms with van der Waals surface area (Å²) in [5.74, 6) is 0.431. The largest absolute Gasteiger partial charge is 0.477 e. The summed E-state index contributed by atoms with van der Waals surface area (Å²) in [6, 6.07) is 18.7. The number of halogens is 2. The van der Waals surface area contributed by atoms with E-state index < -0.39 is 5.97 Å². The number of pyridine rings is 2. The van der Waals surface area contributed by atoms with Gasteiger partial charge in [0.25, 0.3) is 5.91 Å². The Morgan fingerprint density at radius 2 is 1.13 bits per heavy atom. The lowest BCUT2D eigenvalue weighted by Crippen LogP contribution is -2.40. The maximum Gasteiger partial charge on any atom is 0.354 e. The second-order valence-electron chi connectivity index (χ2n) is 17.9. The highest BCUT2D eigenvalue weighted by molar-refractivity contribution is 6.34. The van der Waals surface area contributed by atoms with Crippen molar-refractivity contribution in [2.24, 2.45) is 33.9 Å². The van der Waals surface area contributed by atoms with E-state index in [4.69, 9.17) is 56.8 Å². The van der Waals surface area contributed by atoms with Gasteiger partial charge in [0.1, 0.15) is 11.4 Å². The first-order valence-electron chi connectivity index (χ1n) is 23.4. The van der Waals surface area contributed by atoms with Crippen LogP contribution in [-0.4, -0.2) is 80.4 Å². The van der Waals surface area contributed by atoms with Crippen molar-refractivity contribution in [2.45, 2.75) is 102 Å². The van der Waals surface area contributed by atoms with Gasteiger partial charge in [-0.3, -0.25) is 14.8 Å². The number of aryl methyl sites for hydroxylation is 2. The third-order valence-corrected chi connectivity index (χ3v) is 14.5. The van der Waals surface area contributed by atoms with Gasteiger partial charge in [0, 0.05) is 46.2 Å². The van der Waals surface area contributed by atoms with Gasteiger partial charge >= 0.3 is 5.97 Å². The first kappa shape index (κ1) is 47.6. The maximum absolute atomic E-state index is 12.3. The zero-order valence-corrected chi connectivity index (χ0v) is 39.1. The molecular weight excluding hydrogens is 890 g/mol. The van der Waals surface area contributed by atoms with Gasteiger partial charge in [-0.25, -0.2) is 24.5 Å². The number of carbonyl (C=O) groups is 2. The highest BCUT2D eigenvalue weighted by atomic mass is 35.5. The molecular formula is C51H55Cl2N9O5. The van der Waals surface area contributed by atoms with Crippen molar-refractivity contribution >= 4 is 69.3 Å². The molecule has 4 aliphatic carbocycles. The number of hydrazone groups is 2. The van der Waals surface area contributed by atoms with E-state index in [9.17, 15) is 14.7 Å². The Kier molecular flexibility index (Phi) is 15.2. The standard InChI is InChI=1S/C25H26ClN5O2.C23H21ClN4O2.C3H8O/c1-27-21-9-6-16(14-19(21)26)31-24(15-4-2-3-5-15)18-8-10-20-17(23(18)30-31)7-11-22(29-20)25(33)28-12-13-32;1-25-19-9-6-14(12-17(19)24)28-22(13-4-2-3-5-13)16-8-10-18-15(21(16)27-28)7-11-20(26-18)23(29)30;1-2-3-4/h6-7,9,11,14-15,18,24,32H,2-5,8,10,12-13H2,(H,28,33);6-7,9,11-13,16,22H,2-5,8,10H2,(H,29,30);4H,2-3H2,1H3. The molecule has 0 spiro atoms. The van der Waals surface area contributed by atoms with E-state index in [1.54, 1.807) is 24.3 Å². The Labute approximate surface area is 401 Å². The molecule has 0 radical (unpaired) electrons.